The maximum atomic E-state index is 14.0. The van der Waals surface area contributed by atoms with E-state index in [1.165, 1.54) is 7.11 Å². The Kier molecular flexibility index (Phi) is 6.12. The van der Waals surface area contributed by atoms with Crippen molar-refractivity contribution in [1.29, 1.82) is 5.26 Å². The second-order valence-corrected chi connectivity index (χ2v) is 4.87. The second kappa shape index (κ2) is 8.51. The third kappa shape index (κ3) is 4.45. The number of nitrogens with one attached hydrogen (secondary N) is 1. The SMILES string of the molecule is CON/C=C(F)\C(C#N)=C(/C)c1ccc(Oc2ccccc2)cc1. The van der Waals surface area contributed by atoms with Crippen molar-refractivity contribution in [3.8, 4) is 17.6 Å². The van der Waals surface area contributed by atoms with E-state index in [-0.39, 0.29) is 5.57 Å². The van der Waals surface area contributed by atoms with E-state index in [1.54, 1.807) is 31.2 Å². The highest BCUT2D eigenvalue weighted by atomic mass is 19.1. The van der Waals surface area contributed by atoms with Gasteiger partial charge in [0.1, 0.15) is 17.6 Å². The maximum Gasteiger partial charge on any atom is 0.159 e. The number of hydrogen-bond donors (Lipinski definition) is 1. The molecule has 0 amide bonds. The molecule has 2 aromatic carbocycles. The van der Waals surface area contributed by atoms with E-state index in [0.717, 1.165) is 17.5 Å². The van der Waals surface area contributed by atoms with Gasteiger partial charge >= 0.3 is 0 Å². The van der Waals surface area contributed by atoms with Crippen LogP contribution in [0.1, 0.15) is 12.5 Å². The Morgan fingerprint density at radius 3 is 2.29 bits per heavy atom. The first-order valence-corrected chi connectivity index (χ1v) is 7.24. The minimum Gasteiger partial charge on any atom is -0.457 e. The molecule has 0 aliphatic heterocycles. The lowest BCUT2D eigenvalue weighted by Gasteiger charge is -2.08. The topological polar surface area (TPSA) is 54.3 Å². The molecule has 1 N–H and O–H groups in total. The van der Waals surface area contributed by atoms with Crippen LogP contribution in [0.25, 0.3) is 5.57 Å². The average Bonchev–Trinajstić information content (AvgIpc) is 2.62. The predicted octanol–water partition coefficient (Wildman–Crippen LogP) is 4.74. The second-order valence-electron chi connectivity index (χ2n) is 4.87. The number of ether oxygens (including phenoxy) is 1. The van der Waals surface area contributed by atoms with Crippen molar-refractivity contribution in [2.24, 2.45) is 0 Å². The standard InChI is InChI=1S/C19H17FN2O2/c1-14(18(12-21)19(20)13-22-23-2)15-8-10-17(11-9-15)24-16-6-4-3-5-7-16/h3-11,13,22H,1-2H3/b18-14+,19-13+. The highest BCUT2D eigenvalue weighted by molar-refractivity contribution is 5.74. The lowest BCUT2D eigenvalue weighted by Crippen LogP contribution is -2.03. The van der Waals surface area contributed by atoms with Gasteiger partial charge in [-0.2, -0.15) is 5.26 Å². The van der Waals surface area contributed by atoms with Gasteiger partial charge in [-0.3, -0.25) is 10.3 Å². The van der Waals surface area contributed by atoms with E-state index < -0.39 is 5.83 Å². The molecule has 0 radical (unpaired) electrons. The molecule has 0 aromatic heterocycles. The first-order chi connectivity index (χ1) is 11.7. The van der Waals surface area contributed by atoms with Gasteiger partial charge in [-0.15, -0.1) is 0 Å². The fourth-order valence-electron chi connectivity index (χ4n) is 2.04. The number of nitriles is 1. The quantitative estimate of drug-likeness (QED) is 0.474. The first kappa shape index (κ1) is 17.3. The monoisotopic (exact) mass is 324 g/mol. The molecule has 0 unspecified atom stereocenters. The summed E-state index contributed by atoms with van der Waals surface area (Å²) in [6.45, 7) is 1.69. The van der Waals surface area contributed by atoms with E-state index in [9.17, 15) is 9.65 Å². The summed E-state index contributed by atoms with van der Waals surface area (Å²) in [5, 5.41) is 9.19. The van der Waals surface area contributed by atoms with E-state index in [1.807, 2.05) is 36.4 Å². The summed E-state index contributed by atoms with van der Waals surface area (Å²) in [6.07, 6.45) is 0.995. The molecule has 0 saturated heterocycles. The van der Waals surface area contributed by atoms with Gasteiger partial charge in [-0.1, -0.05) is 30.3 Å². The third-order valence-corrected chi connectivity index (χ3v) is 3.30. The first-order valence-electron chi connectivity index (χ1n) is 7.24. The zero-order valence-corrected chi connectivity index (χ0v) is 13.4. The Balaban J connectivity index is 2.22. The summed E-state index contributed by atoms with van der Waals surface area (Å²) < 4.78 is 19.7. The smallest absolute Gasteiger partial charge is 0.159 e. The van der Waals surface area contributed by atoms with Gasteiger partial charge in [-0.05, 0) is 42.3 Å². The molecule has 0 bridgehead atoms. The number of hydrogen-bond acceptors (Lipinski definition) is 4. The zero-order chi connectivity index (χ0) is 17.4. The Morgan fingerprint density at radius 2 is 1.71 bits per heavy atom. The zero-order valence-electron chi connectivity index (χ0n) is 13.4. The molecule has 2 rings (SSSR count). The molecule has 0 heterocycles. The van der Waals surface area contributed by atoms with Crippen LogP contribution in [0.3, 0.4) is 0 Å². The summed E-state index contributed by atoms with van der Waals surface area (Å²) in [6, 6.07) is 18.4. The summed E-state index contributed by atoms with van der Waals surface area (Å²) in [5.41, 5.74) is 3.46. The summed E-state index contributed by atoms with van der Waals surface area (Å²) >= 11 is 0. The molecule has 0 spiro atoms. The van der Waals surface area contributed by atoms with Crippen molar-refractivity contribution in [2.45, 2.75) is 6.92 Å². The number of nitrogens with zero attached hydrogens (tertiary/aromatic N) is 1. The minimum atomic E-state index is -0.693. The van der Waals surface area contributed by atoms with Gasteiger partial charge in [0.25, 0.3) is 0 Å². The largest absolute Gasteiger partial charge is 0.457 e. The lowest BCUT2D eigenvalue weighted by molar-refractivity contribution is 0.126. The Hall–Kier alpha value is -3.10. The number of rotatable bonds is 6. The van der Waals surface area contributed by atoms with Crippen LogP contribution in [0.2, 0.25) is 0 Å². The number of halogens is 1. The van der Waals surface area contributed by atoms with Gasteiger partial charge in [0.05, 0.1) is 18.9 Å². The Morgan fingerprint density at radius 1 is 1.08 bits per heavy atom. The molecule has 0 saturated carbocycles. The van der Waals surface area contributed by atoms with E-state index in [2.05, 4.69) is 10.3 Å². The number of benzene rings is 2. The Labute approximate surface area is 140 Å². The van der Waals surface area contributed by atoms with Crippen LogP contribution in [0.4, 0.5) is 4.39 Å². The molecule has 122 valence electrons. The highest BCUT2D eigenvalue weighted by Gasteiger charge is 2.10. The molecule has 0 aliphatic carbocycles. The van der Waals surface area contributed by atoms with Crippen molar-refractivity contribution in [3.63, 3.8) is 0 Å². The van der Waals surface area contributed by atoms with Crippen molar-refractivity contribution < 1.29 is 14.0 Å². The molecule has 5 heteroatoms. The molecule has 4 nitrogen and oxygen atoms in total. The molecular weight excluding hydrogens is 307 g/mol. The molecule has 24 heavy (non-hydrogen) atoms. The van der Waals surface area contributed by atoms with Crippen LogP contribution in [0.15, 0.2) is 72.2 Å². The van der Waals surface area contributed by atoms with E-state index >= 15 is 0 Å². The van der Waals surface area contributed by atoms with Crippen molar-refractivity contribution in [1.82, 2.24) is 5.48 Å². The van der Waals surface area contributed by atoms with Gasteiger partial charge in [-0.25, -0.2) is 4.39 Å². The molecule has 0 atom stereocenters. The molecule has 0 fully saturated rings. The van der Waals surface area contributed by atoms with Crippen molar-refractivity contribution in [3.05, 3.63) is 77.8 Å². The fraction of sp³-hybridized carbons (Fsp3) is 0.105. The van der Waals surface area contributed by atoms with E-state index in [0.29, 0.717) is 11.3 Å². The fourth-order valence-corrected chi connectivity index (χ4v) is 2.04. The van der Waals surface area contributed by atoms with Crippen LogP contribution < -0.4 is 10.2 Å². The lowest BCUT2D eigenvalue weighted by atomic mass is 10.0. The summed E-state index contributed by atoms with van der Waals surface area (Å²) in [4.78, 5) is 4.55. The minimum absolute atomic E-state index is 0.0590. The maximum absolute atomic E-state index is 14.0. The predicted molar refractivity (Wildman–Crippen MR) is 90.5 cm³/mol. The van der Waals surface area contributed by atoms with Gasteiger partial charge < -0.3 is 4.74 Å². The number of para-hydroxylation sites is 1. The molecule has 0 aliphatic rings. The molecule has 2 aromatic rings. The van der Waals surface area contributed by atoms with Gasteiger partial charge in [0.2, 0.25) is 0 Å². The van der Waals surface area contributed by atoms with Gasteiger partial charge in [0, 0.05) is 0 Å². The highest BCUT2D eigenvalue weighted by Crippen LogP contribution is 2.27. The van der Waals surface area contributed by atoms with Crippen LogP contribution in [0.5, 0.6) is 11.5 Å². The number of hydroxylamine groups is 1. The third-order valence-electron chi connectivity index (χ3n) is 3.30. The van der Waals surface area contributed by atoms with Crippen LogP contribution in [0, 0.1) is 11.3 Å². The van der Waals surface area contributed by atoms with Crippen molar-refractivity contribution >= 4 is 5.57 Å². The van der Waals surface area contributed by atoms with Crippen LogP contribution >= 0.6 is 0 Å². The van der Waals surface area contributed by atoms with Gasteiger partial charge in [0.15, 0.2) is 5.83 Å². The van der Waals surface area contributed by atoms with E-state index in [4.69, 9.17) is 4.74 Å². The van der Waals surface area contributed by atoms with Crippen molar-refractivity contribution in [2.75, 3.05) is 7.11 Å². The van der Waals surface area contributed by atoms with Crippen LogP contribution in [-0.4, -0.2) is 7.11 Å². The summed E-state index contributed by atoms with van der Waals surface area (Å²) in [7, 11) is 1.36. The average molecular weight is 324 g/mol. The normalized spacial score (nSPS) is 12.2. The molecular formula is C19H17FN2O2. The number of allylic oxidation sites excluding steroid dienone is 3. The summed E-state index contributed by atoms with van der Waals surface area (Å²) in [5.74, 6) is 0.699. The van der Waals surface area contributed by atoms with Crippen LogP contribution in [-0.2, 0) is 4.84 Å². The Bertz CT molecular complexity index is 775.